The van der Waals surface area contributed by atoms with E-state index in [-0.39, 0.29) is 22.1 Å². The van der Waals surface area contributed by atoms with Crippen molar-refractivity contribution in [3.05, 3.63) is 114 Å². The molecule has 0 aromatic heterocycles. The molecular weight excluding hydrogens is 512 g/mol. The highest BCUT2D eigenvalue weighted by molar-refractivity contribution is 7.89. The summed E-state index contributed by atoms with van der Waals surface area (Å²) < 4.78 is 40.1. The van der Waals surface area contributed by atoms with Crippen molar-refractivity contribution in [3.8, 4) is 17.2 Å². The summed E-state index contributed by atoms with van der Waals surface area (Å²) in [6, 6.07) is 28.4. The van der Waals surface area contributed by atoms with Crippen molar-refractivity contribution in [2.24, 2.45) is 0 Å². The van der Waals surface area contributed by atoms with Crippen LogP contribution in [-0.2, 0) is 21.2 Å². The van der Waals surface area contributed by atoms with Gasteiger partial charge in [-0.3, -0.25) is 4.79 Å². The molecule has 0 aliphatic rings. The van der Waals surface area contributed by atoms with Gasteiger partial charge in [0.15, 0.2) is 0 Å². The van der Waals surface area contributed by atoms with Crippen molar-refractivity contribution in [3.63, 3.8) is 0 Å². The SMILES string of the molecule is COc1ccc(Cl)cc1S(=O)(=O)N[C@@H](Cc1ccccc1)C(=O)Nc1ccc(Oc2ccccc2)cc1. The molecule has 0 unspecified atom stereocenters. The Balaban J connectivity index is 1.54. The first-order chi connectivity index (χ1) is 17.8. The van der Waals surface area contributed by atoms with Crippen molar-refractivity contribution in [1.29, 1.82) is 0 Å². The maximum Gasteiger partial charge on any atom is 0.245 e. The van der Waals surface area contributed by atoms with Gasteiger partial charge in [0.05, 0.1) is 7.11 Å². The molecule has 0 fully saturated rings. The maximum atomic E-state index is 13.3. The van der Waals surface area contributed by atoms with Crippen LogP contribution in [0.15, 0.2) is 108 Å². The molecule has 1 amide bonds. The van der Waals surface area contributed by atoms with Crippen molar-refractivity contribution in [2.75, 3.05) is 12.4 Å². The summed E-state index contributed by atoms with van der Waals surface area (Å²) in [4.78, 5) is 13.1. The number of para-hydroxylation sites is 1. The van der Waals surface area contributed by atoms with Gasteiger partial charge in [-0.2, -0.15) is 4.72 Å². The number of halogens is 1. The number of anilines is 1. The first-order valence-electron chi connectivity index (χ1n) is 11.4. The molecule has 0 spiro atoms. The quantitative estimate of drug-likeness (QED) is 0.272. The molecule has 0 saturated heterocycles. The van der Waals surface area contributed by atoms with E-state index in [1.807, 2.05) is 60.7 Å². The van der Waals surface area contributed by atoms with E-state index in [1.54, 1.807) is 24.3 Å². The number of carbonyl (C=O) groups excluding carboxylic acids is 1. The second-order valence-electron chi connectivity index (χ2n) is 8.09. The highest BCUT2D eigenvalue weighted by Crippen LogP contribution is 2.28. The van der Waals surface area contributed by atoms with Gasteiger partial charge in [0.1, 0.15) is 28.2 Å². The minimum absolute atomic E-state index is 0.116. The minimum Gasteiger partial charge on any atom is -0.495 e. The molecule has 0 bridgehead atoms. The third kappa shape index (κ3) is 7.10. The predicted octanol–water partition coefficient (Wildman–Crippen LogP) is 5.67. The van der Waals surface area contributed by atoms with Gasteiger partial charge in [-0.25, -0.2) is 8.42 Å². The number of hydrogen-bond acceptors (Lipinski definition) is 5. The predicted molar refractivity (Wildman–Crippen MR) is 144 cm³/mol. The normalized spacial score (nSPS) is 11.9. The second-order valence-corrected chi connectivity index (χ2v) is 10.2. The lowest BCUT2D eigenvalue weighted by molar-refractivity contribution is -0.117. The van der Waals surface area contributed by atoms with Crippen LogP contribution in [0.2, 0.25) is 5.02 Å². The van der Waals surface area contributed by atoms with Crippen LogP contribution in [-0.4, -0.2) is 27.5 Å². The largest absolute Gasteiger partial charge is 0.495 e. The number of benzene rings is 4. The average Bonchev–Trinajstić information content (AvgIpc) is 2.90. The number of methoxy groups -OCH3 is 1. The number of amides is 1. The highest BCUT2D eigenvalue weighted by atomic mass is 35.5. The van der Waals surface area contributed by atoms with Crippen LogP contribution in [0.3, 0.4) is 0 Å². The summed E-state index contributed by atoms with van der Waals surface area (Å²) in [7, 11) is -2.80. The molecule has 0 aliphatic carbocycles. The zero-order chi connectivity index (χ0) is 26.3. The molecule has 37 heavy (non-hydrogen) atoms. The Bertz CT molecular complexity index is 1450. The maximum absolute atomic E-state index is 13.3. The lowest BCUT2D eigenvalue weighted by Gasteiger charge is -2.20. The molecule has 0 heterocycles. The van der Waals surface area contributed by atoms with Crippen molar-refractivity contribution >= 4 is 33.2 Å². The average molecular weight is 537 g/mol. The minimum atomic E-state index is -4.16. The number of ether oxygens (including phenoxy) is 2. The molecule has 0 radical (unpaired) electrons. The molecule has 4 rings (SSSR count). The molecule has 7 nitrogen and oxygen atoms in total. The fraction of sp³-hybridized carbons (Fsp3) is 0.107. The van der Waals surface area contributed by atoms with Gasteiger partial charge in [0, 0.05) is 10.7 Å². The summed E-state index contributed by atoms with van der Waals surface area (Å²) >= 11 is 6.04. The van der Waals surface area contributed by atoms with Gasteiger partial charge < -0.3 is 14.8 Å². The molecule has 1 atom stereocenters. The Morgan fingerprint density at radius 2 is 1.49 bits per heavy atom. The van der Waals surface area contributed by atoms with E-state index in [1.165, 1.54) is 25.3 Å². The van der Waals surface area contributed by atoms with Crippen LogP contribution in [0, 0.1) is 0 Å². The third-order valence-electron chi connectivity index (χ3n) is 5.41. The van der Waals surface area contributed by atoms with Crippen LogP contribution in [0.25, 0.3) is 0 Å². The van der Waals surface area contributed by atoms with Gasteiger partial charge in [0.2, 0.25) is 15.9 Å². The number of carbonyl (C=O) groups is 1. The molecule has 0 aliphatic heterocycles. The van der Waals surface area contributed by atoms with Crippen LogP contribution < -0.4 is 19.5 Å². The molecule has 190 valence electrons. The fourth-order valence-electron chi connectivity index (χ4n) is 3.61. The van der Waals surface area contributed by atoms with E-state index in [0.717, 1.165) is 5.56 Å². The molecule has 4 aromatic carbocycles. The van der Waals surface area contributed by atoms with Crippen molar-refractivity contribution in [2.45, 2.75) is 17.4 Å². The summed E-state index contributed by atoms with van der Waals surface area (Å²) in [5.74, 6) is 0.877. The molecular formula is C28H25ClN2O5S. The monoisotopic (exact) mass is 536 g/mol. The third-order valence-corrected chi connectivity index (χ3v) is 7.14. The zero-order valence-corrected chi connectivity index (χ0v) is 21.5. The van der Waals surface area contributed by atoms with Crippen LogP contribution >= 0.6 is 11.6 Å². The Hall–Kier alpha value is -3.85. The Morgan fingerprint density at radius 3 is 2.14 bits per heavy atom. The van der Waals surface area contributed by atoms with E-state index in [4.69, 9.17) is 21.1 Å². The summed E-state index contributed by atoms with van der Waals surface area (Å²) in [5, 5.41) is 3.01. The van der Waals surface area contributed by atoms with Crippen LogP contribution in [0.1, 0.15) is 5.56 Å². The smallest absolute Gasteiger partial charge is 0.245 e. The molecule has 2 N–H and O–H groups in total. The van der Waals surface area contributed by atoms with Gasteiger partial charge in [0.25, 0.3) is 0 Å². The number of nitrogens with one attached hydrogen (secondary N) is 2. The van der Waals surface area contributed by atoms with Gasteiger partial charge in [-0.1, -0.05) is 60.1 Å². The lowest BCUT2D eigenvalue weighted by atomic mass is 10.1. The van der Waals surface area contributed by atoms with Gasteiger partial charge in [-0.15, -0.1) is 0 Å². The van der Waals surface area contributed by atoms with E-state index >= 15 is 0 Å². The van der Waals surface area contributed by atoms with E-state index in [9.17, 15) is 13.2 Å². The Kier molecular flexibility index (Phi) is 8.45. The Morgan fingerprint density at radius 1 is 0.865 bits per heavy atom. The standard InChI is InChI=1S/C28H25ClN2O5S/c1-35-26-17-12-21(29)19-27(26)37(33,34)31-25(18-20-8-4-2-5-9-20)28(32)30-22-13-15-24(16-14-22)36-23-10-6-3-7-11-23/h2-17,19,25,31H,18H2,1H3,(H,30,32)/t25-/m0/s1. The number of hydrogen-bond donors (Lipinski definition) is 2. The van der Waals surface area contributed by atoms with E-state index in [2.05, 4.69) is 10.0 Å². The molecule has 9 heteroatoms. The second kappa shape index (κ2) is 11.9. The van der Waals surface area contributed by atoms with Crippen LogP contribution in [0.5, 0.6) is 17.2 Å². The lowest BCUT2D eigenvalue weighted by Crippen LogP contribution is -2.45. The Labute approximate surface area is 221 Å². The zero-order valence-electron chi connectivity index (χ0n) is 19.9. The van der Waals surface area contributed by atoms with E-state index in [0.29, 0.717) is 17.2 Å². The van der Waals surface area contributed by atoms with Gasteiger partial charge in [-0.05, 0) is 66.6 Å². The first kappa shape index (κ1) is 26.2. The van der Waals surface area contributed by atoms with Crippen LogP contribution in [0.4, 0.5) is 5.69 Å². The highest BCUT2D eigenvalue weighted by Gasteiger charge is 2.28. The van der Waals surface area contributed by atoms with Crippen molar-refractivity contribution < 1.29 is 22.7 Å². The number of sulfonamides is 1. The topological polar surface area (TPSA) is 93.7 Å². The van der Waals surface area contributed by atoms with Crippen molar-refractivity contribution in [1.82, 2.24) is 4.72 Å². The summed E-state index contributed by atoms with van der Waals surface area (Å²) in [5.41, 5.74) is 1.28. The van der Waals surface area contributed by atoms with Gasteiger partial charge >= 0.3 is 0 Å². The number of rotatable bonds is 10. The summed E-state index contributed by atoms with van der Waals surface area (Å²) in [6.45, 7) is 0. The fourth-order valence-corrected chi connectivity index (χ4v) is 5.24. The van der Waals surface area contributed by atoms with E-state index < -0.39 is 22.0 Å². The summed E-state index contributed by atoms with van der Waals surface area (Å²) in [6.07, 6.45) is 0.129. The molecule has 0 saturated carbocycles. The first-order valence-corrected chi connectivity index (χ1v) is 13.2. The molecule has 4 aromatic rings.